The van der Waals surface area contributed by atoms with Crippen molar-refractivity contribution < 1.29 is 0 Å². The SMILES string of the molecule is C=C1/C=C\C=C/Cc2c(-c3cccc4c3c3ccccc3n4-c3cccc(-c4ccccc4)c3)cccc2N1c1ccccc1. The molecule has 2 heterocycles. The third kappa shape index (κ3) is 4.68. The standard InChI is InChI=1S/C43H32N2/c1-31-16-5-2-10-23-37-36(25-14-28-40(37)44(31)34-20-8-4-9-21-34)38-26-15-29-42-43(38)39-24-11-12-27-41(39)45(42)35-22-13-19-33(30-35)32-17-6-3-7-18-32/h2-22,24-30H,1,23H2/b10-2-,16-5-. The van der Waals surface area contributed by atoms with E-state index in [1.54, 1.807) is 0 Å². The zero-order valence-corrected chi connectivity index (χ0v) is 25.0. The first-order valence-corrected chi connectivity index (χ1v) is 15.5. The molecule has 45 heavy (non-hydrogen) atoms. The van der Waals surface area contributed by atoms with E-state index in [1.807, 2.05) is 0 Å². The van der Waals surface area contributed by atoms with E-state index < -0.39 is 0 Å². The summed E-state index contributed by atoms with van der Waals surface area (Å²) in [5, 5.41) is 2.51. The number of benzene rings is 6. The van der Waals surface area contributed by atoms with E-state index in [4.69, 9.17) is 0 Å². The van der Waals surface area contributed by atoms with Gasteiger partial charge in [-0.05, 0) is 82.8 Å². The Bertz CT molecular complexity index is 2250. The van der Waals surface area contributed by atoms with Crippen LogP contribution in [0.3, 0.4) is 0 Å². The molecule has 1 aromatic heterocycles. The number of para-hydroxylation sites is 2. The summed E-state index contributed by atoms with van der Waals surface area (Å²) >= 11 is 0. The minimum absolute atomic E-state index is 0.806. The van der Waals surface area contributed by atoms with Crippen molar-refractivity contribution in [3.63, 3.8) is 0 Å². The van der Waals surface area contributed by atoms with E-state index in [1.165, 1.54) is 49.6 Å². The highest BCUT2D eigenvalue weighted by Gasteiger charge is 2.22. The van der Waals surface area contributed by atoms with Gasteiger partial charge in [-0.2, -0.15) is 0 Å². The highest BCUT2D eigenvalue weighted by Crippen LogP contribution is 2.43. The molecule has 0 atom stereocenters. The molecule has 7 aromatic rings. The molecular formula is C43H32N2. The Morgan fingerprint density at radius 2 is 1.20 bits per heavy atom. The number of hydrogen-bond donors (Lipinski definition) is 0. The van der Waals surface area contributed by atoms with Crippen LogP contribution in [-0.4, -0.2) is 4.57 Å². The van der Waals surface area contributed by atoms with Crippen molar-refractivity contribution in [3.8, 4) is 27.9 Å². The lowest BCUT2D eigenvalue weighted by atomic mass is 9.92. The highest BCUT2D eigenvalue weighted by atomic mass is 15.1. The molecule has 1 aliphatic rings. The average Bonchev–Trinajstić information content (AvgIpc) is 3.47. The minimum atomic E-state index is 0.806. The molecule has 0 amide bonds. The number of anilines is 2. The molecule has 0 unspecified atom stereocenters. The molecule has 0 N–H and O–H groups in total. The molecule has 6 aromatic carbocycles. The molecule has 0 bridgehead atoms. The lowest BCUT2D eigenvalue weighted by molar-refractivity contribution is 1.17. The van der Waals surface area contributed by atoms with Crippen LogP contribution in [0.2, 0.25) is 0 Å². The Balaban J connectivity index is 1.38. The van der Waals surface area contributed by atoms with Gasteiger partial charge in [0.15, 0.2) is 0 Å². The van der Waals surface area contributed by atoms with E-state index in [9.17, 15) is 0 Å². The number of hydrogen-bond acceptors (Lipinski definition) is 1. The number of aromatic nitrogens is 1. The predicted octanol–water partition coefficient (Wildman–Crippen LogP) is 11.4. The molecule has 0 spiro atoms. The van der Waals surface area contributed by atoms with Crippen LogP contribution in [0, 0.1) is 0 Å². The molecule has 0 aliphatic carbocycles. The largest absolute Gasteiger partial charge is 0.311 e. The quantitative estimate of drug-likeness (QED) is 0.202. The minimum Gasteiger partial charge on any atom is -0.311 e. The van der Waals surface area contributed by atoms with Crippen LogP contribution < -0.4 is 4.90 Å². The number of allylic oxidation sites excluding steroid dienone is 4. The maximum atomic E-state index is 4.48. The van der Waals surface area contributed by atoms with Gasteiger partial charge < -0.3 is 9.47 Å². The van der Waals surface area contributed by atoms with Crippen molar-refractivity contribution in [1.82, 2.24) is 4.57 Å². The Kier molecular flexibility index (Phi) is 6.73. The summed E-state index contributed by atoms with van der Waals surface area (Å²) in [6.07, 6.45) is 9.36. The van der Waals surface area contributed by atoms with Gasteiger partial charge in [-0.3, -0.25) is 0 Å². The molecule has 0 saturated carbocycles. The molecule has 8 rings (SSSR count). The van der Waals surface area contributed by atoms with Crippen LogP contribution in [0.5, 0.6) is 0 Å². The molecule has 214 valence electrons. The van der Waals surface area contributed by atoms with Gasteiger partial charge in [0.25, 0.3) is 0 Å². The van der Waals surface area contributed by atoms with Crippen LogP contribution in [0.1, 0.15) is 5.56 Å². The summed E-state index contributed by atoms with van der Waals surface area (Å²) in [7, 11) is 0. The van der Waals surface area contributed by atoms with Crippen LogP contribution in [0.25, 0.3) is 49.7 Å². The van der Waals surface area contributed by atoms with Gasteiger partial charge in [-0.1, -0.05) is 128 Å². The number of rotatable bonds is 4. The molecule has 2 heteroatoms. The summed E-state index contributed by atoms with van der Waals surface area (Å²) < 4.78 is 2.42. The van der Waals surface area contributed by atoms with Gasteiger partial charge in [-0.15, -0.1) is 0 Å². The zero-order chi connectivity index (χ0) is 30.2. The third-order valence-electron chi connectivity index (χ3n) is 8.75. The molecule has 0 saturated heterocycles. The fourth-order valence-electron chi connectivity index (χ4n) is 6.77. The molecule has 0 radical (unpaired) electrons. The van der Waals surface area contributed by atoms with Crippen molar-refractivity contribution in [2.24, 2.45) is 0 Å². The second kappa shape index (κ2) is 11.3. The van der Waals surface area contributed by atoms with E-state index in [-0.39, 0.29) is 0 Å². The zero-order valence-electron chi connectivity index (χ0n) is 25.0. The van der Waals surface area contributed by atoms with Gasteiger partial charge in [0.1, 0.15) is 0 Å². The number of nitrogens with zero attached hydrogens (tertiary/aromatic N) is 2. The van der Waals surface area contributed by atoms with Gasteiger partial charge in [-0.25, -0.2) is 0 Å². The summed E-state index contributed by atoms with van der Waals surface area (Å²) in [4.78, 5) is 2.28. The second-order valence-corrected chi connectivity index (χ2v) is 11.4. The summed E-state index contributed by atoms with van der Waals surface area (Å²) in [6.45, 7) is 4.48. The monoisotopic (exact) mass is 576 g/mol. The van der Waals surface area contributed by atoms with Crippen molar-refractivity contribution >= 4 is 33.2 Å². The fourth-order valence-corrected chi connectivity index (χ4v) is 6.77. The lowest BCUT2D eigenvalue weighted by Crippen LogP contribution is -2.16. The molecular weight excluding hydrogens is 544 g/mol. The Morgan fingerprint density at radius 1 is 0.533 bits per heavy atom. The van der Waals surface area contributed by atoms with Crippen molar-refractivity contribution in [2.45, 2.75) is 6.42 Å². The maximum Gasteiger partial charge on any atom is 0.0547 e. The Hall–Kier alpha value is -5.86. The van der Waals surface area contributed by atoms with Crippen LogP contribution in [0.15, 0.2) is 182 Å². The van der Waals surface area contributed by atoms with Gasteiger partial charge in [0.2, 0.25) is 0 Å². The maximum absolute atomic E-state index is 4.48. The van der Waals surface area contributed by atoms with Crippen LogP contribution in [0.4, 0.5) is 11.4 Å². The van der Waals surface area contributed by atoms with Crippen molar-refractivity contribution in [1.29, 1.82) is 0 Å². The molecule has 0 fully saturated rings. The first-order chi connectivity index (χ1) is 22.3. The summed E-state index contributed by atoms with van der Waals surface area (Å²) in [5.41, 5.74) is 12.9. The molecule has 2 nitrogen and oxygen atoms in total. The van der Waals surface area contributed by atoms with Crippen LogP contribution >= 0.6 is 0 Å². The van der Waals surface area contributed by atoms with Crippen LogP contribution in [-0.2, 0) is 6.42 Å². The number of fused-ring (bicyclic) bond motifs is 4. The summed E-state index contributed by atoms with van der Waals surface area (Å²) in [5.74, 6) is 0. The fraction of sp³-hybridized carbons (Fsp3) is 0.0233. The third-order valence-corrected chi connectivity index (χ3v) is 8.75. The van der Waals surface area contributed by atoms with Crippen molar-refractivity contribution in [2.75, 3.05) is 4.90 Å². The smallest absolute Gasteiger partial charge is 0.0547 e. The van der Waals surface area contributed by atoms with E-state index in [0.29, 0.717) is 0 Å². The predicted molar refractivity (Wildman–Crippen MR) is 191 cm³/mol. The average molecular weight is 577 g/mol. The highest BCUT2D eigenvalue weighted by molar-refractivity contribution is 6.16. The first kappa shape index (κ1) is 26.7. The first-order valence-electron chi connectivity index (χ1n) is 15.5. The lowest BCUT2D eigenvalue weighted by Gasteiger charge is -2.28. The van der Waals surface area contributed by atoms with Gasteiger partial charge in [0, 0.05) is 27.8 Å². The van der Waals surface area contributed by atoms with E-state index >= 15 is 0 Å². The van der Waals surface area contributed by atoms with Gasteiger partial charge in [0.05, 0.1) is 16.7 Å². The topological polar surface area (TPSA) is 8.17 Å². The Labute approximate surface area is 264 Å². The van der Waals surface area contributed by atoms with Gasteiger partial charge >= 0.3 is 0 Å². The van der Waals surface area contributed by atoms with E-state index in [0.717, 1.165) is 29.2 Å². The normalized spacial score (nSPS) is 14.5. The Morgan fingerprint density at radius 3 is 2.07 bits per heavy atom. The van der Waals surface area contributed by atoms with Crippen molar-refractivity contribution in [3.05, 3.63) is 188 Å². The summed E-state index contributed by atoms with van der Waals surface area (Å²) in [6, 6.07) is 52.2. The molecule has 1 aliphatic heterocycles. The van der Waals surface area contributed by atoms with E-state index in [2.05, 4.69) is 186 Å². The second-order valence-electron chi connectivity index (χ2n) is 11.4.